The maximum Gasteiger partial charge on any atom is 0.245 e. The Morgan fingerprint density at radius 1 is 1.27 bits per heavy atom. The average molecular weight is 419 g/mol. The molecule has 0 saturated carbocycles. The van der Waals surface area contributed by atoms with E-state index in [0.29, 0.717) is 11.3 Å². The lowest BCUT2D eigenvalue weighted by molar-refractivity contribution is 0.204. The smallest absolute Gasteiger partial charge is 0.245 e. The van der Waals surface area contributed by atoms with Crippen LogP contribution in [0.1, 0.15) is 25.5 Å². The van der Waals surface area contributed by atoms with Crippen molar-refractivity contribution in [3.63, 3.8) is 0 Å². The molecule has 1 atom stereocenters. The summed E-state index contributed by atoms with van der Waals surface area (Å²) < 4.78 is 32.5. The van der Waals surface area contributed by atoms with Crippen molar-refractivity contribution >= 4 is 33.2 Å². The Hall–Kier alpha value is -1.38. The van der Waals surface area contributed by atoms with Crippen LogP contribution in [0, 0.1) is 0 Å². The van der Waals surface area contributed by atoms with Crippen LogP contribution in [-0.2, 0) is 10.0 Å². The number of hydrogen-bond donors (Lipinski definition) is 1. The molecular formula is C17H20Cl2N2O4S. The molecule has 0 saturated heterocycles. The summed E-state index contributed by atoms with van der Waals surface area (Å²) in [5, 5.41) is 10.3. The van der Waals surface area contributed by atoms with Crippen molar-refractivity contribution in [2.24, 2.45) is 0 Å². The Labute approximate surface area is 163 Å². The molecule has 26 heavy (non-hydrogen) atoms. The molecule has 0 spiro atoms. The van der Waals surface area contributed by atoms with Gasteiger partial charge >= 0.3 is 0 Å². The Balaban J connectivity index is 2.42. The number of hydrogen-bond acceptors (Lipinski definition) is 5. The molecule has 1 heterocycles. The molecule has 1 N–H and O–H groups in total. The van der Waals surface area contributed by atoms with Crippen molar-refractivity contribution in [1.29, 1.82) is 0 Å². The van der Waals surface area contributed by atoms with Crippen LogP contribution in [0.25, 0.3) is 0 Å². The number of halogens is 2. The van der Waals surface area contributed by atoms with E-state index in [1.165, 1.54) is 25.5 Å². The molecular weight excluding hydrogens is 399 g/mol. The molecule has 6 nitrogen and oxygen atoms in total. The molecule has 9 heteroatoms. The van der Waals surface area contributed by atoms with Gasteiger partial charge in [0.25, 0.3) is 0 Å². The quantitative estimate of drug-likeness (QED) is 0.743. The van der Waals surface area contributed by atoms with Crippen molar-refractivity contribution in [1.82, 2.24) is 9.29 Å². The third-order valence-corrected chi connectivity index (χ3v) is 6.35. The summed E-state index contributed by atoms with van der Waals surface area (Å²) in [6.45, 7) is 3.19. The van der Waals surface area contributed by atoms with E-state index in [1.807, 2.05) is 13.8 Å². The van der Waals surface area contributed by atoms with Crippen molar-refractivity contribution < 1.29 is 18.3 Å². The van der Waals surface area contributed by atoms with Gasteiger partial charge in [-0.3, -0.25) is 4.98 Å². The van der Waals surface area contributed by atoms with E-state index in [9.17, 15) is 13.5 Å². The second-order valence-corrected chi connectivity index (χ2v) is 8.67. The largest absolute Gasteiger partial charge is 0.489 e. The summed E-state index contributed by atoms with van der Waals surface area (Å²) in [6, 6.07) is 5.35. The Morgan fingerprint density at radius 3 is 2.58 bits per heavy atom. The Bertz CT molecular complexity index is 875. The number of likely N-dealkylation sites (N-methyl/N-ethyl adjacent to an activating group) is 1. The minimum atomic E-state index is -3.96. The third-order valence-electron chi connectivity index (χ3n) is 3.69. The van der Waals surface area contributed by atoms with E-state index in [0.717, 1.165) is 4.31 Å². The van der Waals surface area contributed by atoms with Crippen LogP contribution in [0.3, 0.4) is 0 Å². The van der Waals surface area contributed by atoms with Gasteiger partial charge in [-0.15, -0.1) is 0 Å². The van der Waals surface area contributed by atoms with Gasteiger partial charge in [-0.2, -0.15) is 4.31 Å². The Morgan fingerprint density at radius 2 is 1.96 bits per heavy atom. The lowest BCUT2D eigenvalue weighted by Crippen LogP contribution is -2.33. The van der Waals surface area contributed by atoms with Crippen molar-refractivity contribution in [2.75, 3.05) is 13.7 Å². The first-order chi connectivity index (χ1) is 12.2. The summed E-state index contributed by atoms with van der Waals surface area (Å²) >= 11 is 12.2. The molecule has 1 unspecified atom stereocenters. The second kappa shape index (κ2) is 8.54. The fourth-order valence-corrected chi connectivity index (χ4v) is 4.14. The monoisotopic (exact) mass is 418 g/mol. The number of ether oxygens (including phenoxy) is 1. The molecule has 0 radical (unpaired) electrons. The lowest BCUT2D eigenvalue weighted by Gasteiger charge is -2.27. The summed E-state index contributed by atoms with van der Waals surface area (Å²) in [4.78, 5) is 3.89. The van der Waals surface area contributed by atoms with Gasteiger partial charge in [-0.25, -0.2) is 8.42 Å². The fraction of sp³-hybridized carbons (Fsp3) is 0.353. The van der Waals surface area contributed by atoms with Crippen LogP contribution in [0.4, 0.5) is 0 Å². The van der Waals surface area contributed by atoms with Gasteiger partial charge in [-0.1, -0.05) is 35.3 Å². The van der Waals surface area contributed by atoms with Gasteiger partial charge in [0.2, 0.25) is 10.0 Å². The average Bonchev–Trinajstić information content (AvgIpc) is 2.58. The zero-order chi connectivity index (χ0) is 19.5. The van der Waals surface area contributed by atoms with Crippen molar-refractivity contribution in [3.8, 4) is 5.75 Å². The summed E-state index contributed by atoms with van der Waals surface area (Å²) in [7, 11) is -2.59. The molecule has 0 aliphatic carbocycles. The maximum absolute atomic E-state index is 13.0. The molecule has 142 valence electrons. The predicted octanol–water partition coefficient (Wildman–Crippen LogP) is 3.53. The van der Waals surface area contributed by atoms with E-state index in [2.05, 4.69) is 4.98 Å². The first-order valence-corrected chi connectivity index (χ1v) is 10.0. The topological polar surface area (TPSA) is 79.7 Å². The highest BCUT2D eigenvalue weighted by Crippen LogP contribution is 2.34. The van der Waals surface area contributed by atoms with E-state index in [-0.39, 0.29) is 21.0 Å². The first-order valence-electron chi connectivity index (χ1n) is 7.83. The van der Waals surface area contributed by atoms with Crippen LogP contribution in [0.5, 0.6) is 5.75 Å². The number of aliphatic hydroxyl groups excluding tert-OH is 1. The van der Waals surface area contributed by atoms with Crippen LogP contribution < -0.4 is 4.74 Å². The van der Waals surface area contributed by atoms with Crippen LogP contribution in [0.15, 0.2) is 41.6 Å². The van der Waals surface area contributed by atoms with E-state index in [1.54, 1.807) is 18.2 Å². The maximum atomic E-state index is 13.0. The highest BCUT2D eigenvalue weighted by Gasteiger charge is 2.31. The number of nitrogens with zero attached hydrogens (tertiary/aromatic N) is 2. The van der Waals surface area contributed by atoms with Gasteiger partial charge in [0, 0.05) is 19.3 Å². The van der Waals surface area contributed by atoms with Gasteiger partial charge in [0.1, 0.15) is 10.6 Å². The van der Waals surface area contributed by atoms with Gasteiger partial charge in [0.15, 0.2) is 0 Å². The van der Waals surface area contributed by atoms with Gasteiger partial charge in [0.05, 0.1) is 35.0 Å². The zero-order valence-corrected chi connectivity index (χ0v) is 16.9. The number of sulfonamides is 1. The fourth-order valence-electron chi connectivity index (χ4n) is 2.40. The van der Waals surface area contributed by atoms with Crippen molar-refractivity contribution in [3.05, 3.63) is 52.3 Å². The van der Waals surface area contributed by atoms with Crippen LogP contribution in [-0.4, -0.2) is 42.6 Å². The SMILES string of the molecule is CC(C)Oc1cncc(S(=O)(=O)N(C)C(CO)c2cccc(Cl)c2Cl)c1. The summed E-state index contributed by atoms with van der Waals surface area (Å²) in [5.74, 6) is 0.343. The molecule has 0 fully saturated rings. The first kappa shape index (κ1) is 20.9. The minimum absolute atomic E-state index is 0.0465. The number of rotatable bonds is 7. The second-order valence-electron chi connectivity index (χ2n) is 5.89. The minimum Gasteiger partial charge on any atom is -0.489 e. The molecule has 2 aromatic rings. The summed E-state index contributed by atoms with van der Waals surface area (Å²) in [5.41, 5.74) is 0.412. The number of pyridine rings is 1. The zero-order valence-electron chi connectivity index (χ0n) is 14.6. The number of aliphatic hydroxyl groups is 1. The molecule has 0 aliphatic heterocycles. The molecule has 0 aliphatic rings. The van der Waals surface area contributed by atoms with E-state index >= 15 is 0 Å². The predicted molar refractivity (Wildman–Crippen MR) is 101 cm³/mol. The van der Waals surface area contributed by atoms with Crippen LogP contribution >= 0.6 is 23.2 Å². The Kier molecular flexibility index (Phi) is 6.87. The van der Waals surface area contributed by atoms with Gasteiger partial charge < -0.3 is 9.84 Å². The third kappa shape index (κ3) is 4.47. The van der Waals surface area contributed by atoms with Crippen LogP contribution in [0.2, 0.25) is 10.0 Å². The number of aromatic nitrogens is 1. The van der Waals surface area contributed by atoms with E-state index < -0.39 is 22.7 Å². The highest BCUT2D eigenvalue weighted by atomic mass is 35.5. The highest BCUT2D eigenvalue weighted by molar-refractivity contribution is 7.89. The summed E-state index contributed by atoms with van der Waals surface area (Å²) in [6.07, 6.45) is 2.55. The van der Waals surface area contributed by atoms with E-state index in [4.69, 9.17) is 27.9 Å². The van der Waals surface area contributed by atoms with Crippen molar-refractivity contribution in [2.45, 2.75) is 30.9 Å². The standard InChI is InChI=1S/C17H20Cl2N2O4S/c1-11(2)25-12-7-13(9-20-8-12)26(23,24)21(3)16(10-22)14-5-4-6-15(18)17(14)19/h4-9,11,16,22H,10H2,1-3H3. The lowest BCUT2D eigenvalue weighted by atomic mass is 10.1. The molecule has 0 amide bonds. The molecule has 2 rings (SSSR count). The number of benzene rings is 1. The normalized spacial score (nSPS) is 13.2. The molecule has 0 bridgehead atoms. The van der Waals surface area contributed by atoms with Gasteiger partial charge in [-0.05, 0) is 25.5 Å². The molecule has 1 aromatic heterocycles. The molecule has 1 aromatic carbocycles.